The quantitative estimate of drug-likeness (QED) is 0.467. The number of aromatic nitrogens is 1. The fraction of sp³-hybridized carbons (Fsp3) is 0.692. The first-order valence-corrected chi connectivity index (χ1v) is 7.15. The summed E-state index contributed by atoms with van der Waals surface area (Å²) in [5, 5.41) is 6.29. The van der Waals surface area contributed by atoms with E-state index < -0.39 is 0 Å². The average molecular weight is 396 g/mol. The van der Waals surface area contributed by atoms with Gasteiger partial charge in [0.2, 0.25) is 0 Å². The van der Waals surface area contributed by atoms with Gasteiger partial charge >= 0.3 is 0 Å². The number of halogens is 1. The van der Waals surface area contributed by atoms with Crippen LogP contribution in [0.4, 0.5) is 0 Å². The number of rotatable bonds is 4. The van der Waals surface area contributed by atoms with Gasteiger partial charge in [-0.1, -0.05) is 34.6 Å². The maximum Gasteiger partial charge on any atom is 0.188 e. The molecule has 0 unspecified atom stereocenters. The minimum Gasteiger partial charge on any atom is -0.370 e. The summed E-state index contributed by atoms with van der Waals surface area (Å²) in [7, 11) is 0. The second-order valence-electron chi connectivity index (χ2n) is 5.87. The fourth-order valence-electron chi connectivity index (χ4n) is 1.25. The Bertz CT molecular complexity index is 407. The Kier molecular flexibility index (Phi) is 7.88. The highest BCUT2D eigenvalue weighted by Crippen LogP contribution is 2.25. The summed E-state index contributed by atoms with van der Waals surface area (Å²) in [6.45, 7) is 12.2. The van der Waals surface area contributed by atoms with Gasteiger partial charge in [0.25, 0.3) is 0 Å². The first-order chi connectivity index (χ1) is 8.29. The van der Waals surface area contributed by atoms with E-state index in [2.05, 4.69) is 55.3 Å². The highest BCUT2D eigenvalue weighted by molar-refractivity contribution is 14.0. The lowest BCUT2D eigenvalue weighted by atomic mass is 9.98. The van der Waals surface area contributed by atoms with E-state index >= 15 is 0 Å². The molecular weight excluding hydrogens is 371 g/mol. The summed E-state index contributed by atoms with van der Waals surface area (Å²) in [5.74, 6) is 1.06. The Labute approximate surface area is 137 Å². The molecule has 0 radical (unpaired) electrons. The smallest absolute Gasteiger partial charge is 0.188 e. The lowest BCUT2D eigenvalue weighted by Crippen LogP contribution is -2.34. The van der Waals surface area contributed by atoms with E-state index in [1.807, 2.05) is 0 Å². The Morgan fingerprint density at radius 1 is 1.47 bits per heavy atom. The highest BCUT2D eigenvalue weighted by Gasteiger charge is 2.17. The van der Waals surface area contributed by atoms with E-state index in [0.717, 1.165) is 17.2 Å². The molecule has 1 aromatic heterocycles. The third-order valence-electron chi connectivity index (χ3n) is 2.30. The van der Waals surface area contributed by atoms with E-state index in [1.165, 1.54) is 0 Å². The standard InChI is InChI=1S/C13H24N4S.HI/c1-9(2)6-15-12(14)16-7-10-8-18-11(17-10)13(3,4)5;/h8-9H,6-7H2,1-5H3,(H3,14,15,16);1H. The van der Waals surface area contributed by atoms with Crippen LogP contribution in [0.25, 0.3) is 0 Å². The van der Waals surface area contributed by atoms with Crippen molar-refractivity contribution >= 4 is 41.3 Å². The van der Waals surface area contributed by atoms with Crippen LogP contribution in [0.15, 0.2) is 10.4 Å². The van der Waals surface area contributed by atoms with Crippen LogP contribution in [0.3, 0.4) is 0 Å². The number of nitrogens with one attached hydrogen (secondary N) is 1. The minimum absolute atomic E-state index is 0. The molecule has 0 fully saturated rings. The molecule has 3 N–H and O–H groups in total. The number of hydrogen-bond acceptors (Lipinski definition) is 3. The summed E-state index contributed by atoms with van der Waals surface area (Å²) in [4.78, 5) is 8.87. The maximum atomic E-state index is 5.78. The van der Waals surface area contributed by atoms with Crippen LogP contribution in [-0.4, -0.2) is 17.5 Å². The van der Waals surface area contributed by atoms with Crippen LogP contribution >= 0.6 is 35.3 Å². The van der Waals surface area contributed by atoms with Crippen LogP contribution < -0.4 is 11.1 Å². The maximum absolute atomic E-state index is 5.78. The van der Waals surface area contributed by atoms with E-state index in [0.29, 0.717) is 18.4 Å². The molecule has 6 heteroatoms. The Morgan fingerprint density at radius 2 is 2.11 bits per heavy atom. The monoisotopic (exact) mass is 396 g/mol. The topological polar surface area (TPSA) is 63.3 Å². The summed E-state index contributed by atoms with van der Waals surface area (Å²) >= 11 is 1.68. The second-order valence-corrected chi connectivity index (χ2v) is 6.73. The first-order valence-electron chi connectivity index (χ1n) is 6.27. The van der Waals surface area contributed by atoms with Gasteiger partial charge in [-0.15, -0.1) is 35.3 Å². The van der Waals surface area contributed by atoms with Crippen molar-refractivity contribution in [2.24, 2.45) is 16.6 Å². The summed E-state index contributed by atoms with van der Waals surface area (Å²) in [5.41, 5.74) is 6.87. The summed E-state index contributed by atoms with van der Waals surface area (Å²) in [6, 6.07) is 0. The van der Waals surface area contributed by atoms with Gasteiger partial charge in [0.1, 0.15) is 0 Å². The average Bonchev–Trinajstić information content (AvgIpc) is 2.71. The van der Waals surface area contributed by atoms with Crippen LogP contribution in [-0.2, 0) is 12.0 Å². The van der Waals surface area contributed by atoms with Crippen LogP contribution in [0, 0.1) is 5.92 Å². The third-order valence-corrected chi connectivity index (χ3v) is 3.61. The normalized spacial score (nSPS) is 12.4. The van der Waals surface area contributed by atoms with E-state index in [-0.39, 0.29) is 29.4 Å². The van der Waals surface area contributed by atoms with E-state index in [4.69, 9.17) is 5.73 Å². The van der Waals surface area contributed by atoms with Gasteiger partial charge in [0.05, 0.1) is 17.2 Å². The lowest BCUT2D eigenvalue weighted by Gasteiger charge is -2.13. The molecule has 0 amide bonds. The van der Waals surface area contributed by atoms with E-state index in [9.17, 15) is 0 Å². The molecule has 19 heavy (non-hydrogen) atoms. The van der Waals surface area contributed by atoms with Gasteiger partial charge in [0.15, 0.2) is 5.96 Å². The molecule has 1 aromatic rings. The SMILES string of the molecule is CC(C)CNC(N)=NCc1csc(C(C)(C)C)n1.I. The van der Waals surface area contributed by atoms with Crippen LogP contribution in [0.5, 0.6) is 0 Å². The Balaban J connectivity index is 0.00000324. The number of hydrogen-bond donors (Lipinski definition) is 2. The van der Waals surface area contributed by atoms with Gasteiger partial charge in [-0.25, -0.2) is 9.98 Å². The van der Waals surface area contributed by atoms with Crippen molar-refractivity contribution in [2.45, 2.75) is 46.6 Å². The first kappa shape index (κ1) is 18.6. The summed E-state index contributed by atoms with van der Waals surface area (Å²) in [6.07, 6.45) is 0. The molecule has 110 valence electrons. The predicted molar refractivity (Wildman–Crippen MR) is 94.4 cm³/mol. The Hall–Kier alpha value is -0.370. The van der Waals surface area contributed by atoms with Crippen molar-refractivity contribution < 1.29 is 0 Å². The number of nitrogens with zero attached hydrogens (tertiary/aromatic N) is 2. The lowest BCUT2D eigenvalue weighted by molar-refractivity contribution is 0.583. The number of thiazole rings is 1. The molecule has 0 aromatic carbocycles. The largest absolute Gasteiger partial charge is 0.370 e. The number of aliphatic imine (C=N–C) groups is 1. The van der Waals surface area contributed by atoms with Crippen molar-refractivity contribution in [3.8, 4) is 0 Å². The molecule has 0 aliphatic rings. The fourth-order valence-corrected chi connectivity index (χ4v) is 2.15. The molecular formula is C13H25IN4S. The molecule has 0 saturated carbocycles. The van der Waals surface area contributed by atoms with Gasteiger partial charge in [0, 0.05) is 17.3 Å². The Morgan fingerprint density at radius 3 is 2.58 bits per heavy atom. The van der Waals surface area contributed by atoms with Gasteiger partial charge in [-0.05, 0) is 5.92 Å². The zero-order chi connectivity index (χ0) is 13.8. The molecule has 1 rings (SSSR count). The highest BCUT2D eigenvalue weighted by atomic mass is 127. The van der Waals surface area contributed by atoms with Crippen molar-refractivity contribution in [1.82, 2.24) is 10.3 Å². The molecule has 0 spiro atoms. The van der Waals surface area contributed by atoms with Gasteiger partial charge in [-0.2, -0.15) is 0 Å². The molecule has 0 atom stereocenters. The molecule has 1 heterocycles. The molecule has 0 bridgehead atoms. The zero-order valence-corrected chi connectivity index (χ0v) is 15.5. The molecule has 4 nitrogen and oxygen atoms in total. The van der Waals surface area contributed by atoms with Crippen LogP contribution in [0.1, 0.15) is 45.3 Å². The number of guanidine groups is 1. The van der Waals surface area contributed by atoms with Crippen molar-refractivity contribution in [3.63, 3.8) is 0 Å². The van der Waals surface area contributed by atoms with Crippen molar-refractivity contribution in [1.29, 1.82) is 0 Å². The number of nitrogens with two attached hydrogens (primary N) is 1. The van der Waals surface area contributed by atoms with Crippen molar-refractivity contribution in [2.75, 3.05) is 6.54 Å². The summed E-state index contributed by atoms with van der Waals surface area (Å²) < 4.78 is 0. The molecule has 0 aliphatic heterocycles. The van der Waals surface area contributed by atoms with Crippen LogP contribution in [0.2, 0.25) is 0 Å². The third kappa shape index (κ3) is 7.10. The minimum atomic E-state index is 0. The van der Waals surface area contributed by atoms with Gasteiger partial charge in [-0.3, -0.25) is 0 Å². The van der Waals surface area contributed by atoms with Crippen molar-refractivity contribution in [3.05, 3.63) is 16.1 Å². The van der Waals surface area contributed by atoms with E-state index in [1.54, 1.807) is 11.3 Å². The zero-order valence-electron chi connectivity index (χ0n) is 12.4. The second kappa shape index (κ2) is 8.04. The van der Waals surface area contributed by atoms with Gasteiger partial charge < -0.3 is 11.1 Å². The predicted octanol–water partition coefficient (Wildman–Crippen LogP) is 3.12. The molecule has 0 saturated heterocycles. The molecule has 0 aliphatic carbocycles.